The minimum Gasteiger partial charge on any atom is -0.382 e. The third-order valence-corrected chi connectivity index (χ3v) is 4.26. The fourth-order valence-electron chi connectivity index (χ4n) is 2.85. The van der Waals surface area contributed by atoms with E-state index in [2.05, 4.69) is 17.0 Å². The van der Waals surface area contributed by atoms with Gasteiger partial charge in [0.1, 0.15) is 5.82 Å². The lowest BCUT2D eigenvalue weighted by Gasteiger charge is -2.34. The van der Waals surface area contributed by atoms with Crippen molar-refractivity contribution in [1.82, 2.24) is 9.80 Å². The lowest BCUT2D eigenvalue weighted by atomic mass is 10.0. The van der Waals surface area contributed by atoms with E-state index in [0.29, 0.717) is 30.8 Å². The van der Waals surface area contributed by atoms with Crippen molar-refractivity contribution in [3.8, 4) is 0 Å². The molecule has 2 aliphatic heterocycles. The zero-order valence-electron chi connectivity index (χ0n) is 12.7. The number of nitrogens with zero attached hydrogens (tertiary/aromatic N) is 3. The Morgan fingerprint density at radius 1 is 1.32 bits per heavy atom. The average molecular weight is 305 g/mol. The van der Waals surface area contributed by atoms with Gasteiger partial charge in [-0.1, -0.05) is 30.3 Å². The van der Waals surface area contributed by atoms with Gasteiger partial charge in [0.25, 0.3) is 5.91 Å². The highest BCUT2D eigenvalue weighted by molar-refractivity contribution is 6.04. The zero-order chi connectivity index (χ0) is 15.5. The second kappa shape index (κ2) is 6.44. The average Bonchev–Trinajstić information content (AvgIpc) is 3.04. The molecule has 1 atom stereocenters. The highest BCUT2D eigenvalue weighted by Gasteiger charge is 2.34. The number of amides is 1. The molecule has 1 aromatic rings. The minimum atomic E-state index is -0.622. The van der Waals surface area contributed by atoms with Crippen molar-refractivity contribution >= 4 is 11.6 Å². The van der Waals surface area contributed by atoms with Crippen LogP contribution in [-0.2, 0) is 9.63 Å². The number of oxime groups is 1. The van der Waals surface area contributed by atoms with Gasteiger partial charge in [-0.15, -0.1) is 0 Å². The van der Waals surface area contributed by atoms with Crippen LogP contribution in [0.5, 0.6) is 0 Å². The summed E-state index contributed by atoms with van der Waals surface area (Å²) in [6.45, 7) is 6.31. The molecule has 0 radical (unpaired) electrons. The zero-order valence-corrected chi connectivity index (χ0v) is 12.7. The lowest BCUT2D eigenvalue weighted by Crippen LogP contribution is -2.51. The van der Waals surface area contributed by atoms with Crippen LogP contribution in [0.2, 0.25) is 0 Å². The summed E-state index contributed by atoms with van der Waals surface area (Å²) in [5, 5.41) is 3.91. The maximum absolute atomic E-state index is 13.8. The number of carbonyl (C=O) groups excluding carboxylic acids is 1. The molecule has 2 aliphatic rings. The predicted octanol–water partition coefficient (Wildman–Crippen LogP) is 1.48. The number of halogens is 1. The van der Waals surface area contributed by atoms with Gasteiger partial charge in [0.2, 0.25) is 6.10 Å². The molecule has 0 aliphatic carbocycles. The number of likely N-dealkylation sites (N-methyl/N-ethyl adjacent to an activating group) is 1. The number of benzene rings is 1. The summed E-state index contributed by atoms with van der Waals surface area (Å²) in [5.41, 5.74) is 0.914. The molecule has 118 valence electrons. The number of hydrogen-bond acceptors (Lipinski definition) is 4. The maximum atomic E-state index is 13.8. The third kappa shape index (κ3) is 2.97. The molecule has 0 N–H and O–H groups in total. The standard InChI is InChI=1S/C16H20FN3O2/c1-2-19-7-9-20(10-8-19)16(21)15-11-14(18-22-15)12-5-3-4-6-13(12)17/h3-6,15H,2,7-11H2,1H3/t15-/m1/s1. The Morgan fingerprint density at radius 3 is 2.73 bits per heavy atom. The van der Waals surface area contributed by atoms with Gasteiger partial charge in [-0.2, -0.15) is 0 Å². The van der Waals surface area contributed by atoms with Crippen LogP contribution < -0.4 is 0 Å². The molecule has 0 unspecified atom stereocenters. The molecule has 6 heteroatoms. The molecule has 0 bridgehead atoms. The summed E-state index contributed by atoms with van der Waals surface area (Å²) >= 11 is 0. The molecular formula is C16H20FN3O2. The first-order valence-electron chi connectivity index (χ1n) is 7.67. The molecule has 1 saturated heterocycles. The smallest absolute Gasteiger partial charge is 0.266 e. The van der Waals surface area contributed by atoms with Crippen molar-refractivity contribution in [2.75, 3.05) is 32.7 Å². The summed E-state index contributed by atoms with van der Waals surface area (Å²) in [4.78, 5) is 21.9. The Labute approximate surface area is 129 Å². The van der Waals surface area contributed by atoms with Gasteiger partial charge < -0.3 is 14.6 Å². The quantitative estimate of drug-likeness (QED) is 0.850. The largest absolute Gasteiger partial charge is 0.382 e. The van der Waals surface area contributed by atoms with Crippen LogP contribution in [0.25, 0.3) is 0 Å². The van der Waals surface area contributed by atoms with Crippen LogP contribution in [0.1, 0.15) is 18.9 Å². The molecule has 0 aromatic heterocycles. The molecule has 2 heterocycles. The van der Waals surface area contributed by atoms with E-state index < -0.39 is 6.10 Å². The first kappa shape index (κ1) is 15.0. The number of hydrogen-bond donors (Lipinski definition) is 0. The van der Waals surface area contributed by atoms with Crippen molar-refractivity contribution in [1.29, 1.82) is 0 Å². The van der Waals surface area contributed by atoms with E-state index in [1.807, 2.05) is 4.90 Å². The fraction of sp³-hybridized carbons (Fsp3) is 0.500. The second-order valence-electron chi connectivity index (χ2n) is 5.58. The Morgan fingerprint density at radius 2 is 2.05 bits per heavy atom. The molecule has 1 aromatic carbocycles. The fourth-order valence-corrected chi connectivity index (χ4v) is 2.85. The Hall–Kier alpha value is -1.95. The van der Waals surface area contributed by atoms with Crippen molar-refractivity contribution < 1.29 is 14.0 Å². The Bertz CT molecular complexity index is 583. The van der Waals surface area contributed by atoms with E-state index in [9.17, 15) is 9.18 Å². The molecule has 1 amide bonds. The van der Waals surface area contributed by atoms with Gasteiger partial charge in [-0.25, -0.2) is 4.39 Å². The summed E-state index contributed by atoms with van der Waals surface area (Å²) in [6.07, 6.45) is -0.295. The van der Waals surface area contributed by atoms with E-state index in [4.69, 9.17) is 4.84 Å². The SMILES string of the molecule is CCN1CCN(C(=O)[C@H]2CC(c3ccccc3F)=NO2)CC1. The molecule has 0 saturated carbocycles. The van der Waals surface area contributed by atoms with Gasteiger partial charge in [-0.05, 0) is 12.6 Å². The van der Waals surface area contributed by atoms with E-state index in [1.165, 1.54) is 6.07 Å². The Balaban J connectivity index is 1.60. The van der Waals surface area contributed by atoms with Gasteiger partial charge in [-0.3, -0.25) is 4.79 Å². The van der Waals surface area contributed by atoms with Gasteiger partial charge in [0.15, 0.2) is 0 Å². The first-order chi connectivity index (χ1) is 10.7. The van der Waals surface area contributed by atoms with Crippen molar-refractivity contribution in [2.45, 2.75) is 19.4 Å². The molecule has 5 nitrogen and oxygen atoms in total. The van der Waals surface area contributed by atoms with Crippen LogP contribution in [-0.4, -0.2) is 60.2 Å². The molecule has 0 spiro atoms. The monoisotopic (exact) mass is 305 g/mol. The van der Waals surface area contributed by atoms with Crippen molar-refractivity contribution in [2.24, 2.45) is 5.16 Å². The van der Waals surface area contributed by atoms with Gasteiger partial charge >= 0.3 is 0 Å². The summed E-state index contributed by atoms with van der Waals surface area (Å²) < 4.78 is 13.8. The summed E-state index contributed by atoms with van der Waals surface area (Å²) in [7, 11) is 0. The molecular weight excluding hydrogens is 285 g/mol. The third-order valence-electron chi connectivity index (χ3n) is 4.26. The predicted molar refractivity (Wildman–Crippen MR) is 81.1 cm³/mol. The Kier molecular flexibility index (Phi) is 4.38. The van der Waals surface area contributed by atoms with Crippen LogP contribution in [0, 0.1) is 5.82 Å². The minimum absolute atomic E-state index is 0.0501. The van der Waals surface area contributed by atoms with Crippen LogP contribution in [0.15, 0.2) is 29.4 Å². The van der Waals surface area contributed by atoms with E-state index in [-0.39, 0.29) is 11.7 Å². The van der Waals surface area contributed by atoms with Crippen molar-refractivity contribution in [3.05, 3.63) is 35.6 Å². The highest BCUT2D eigenvalue weighted by Crippen LogP contribution is 2.20. The second-order valence-corrected chi connectivity index (χ2v) is 5.58. The summed E-state index contributed by atoms with van der Waals surface area (Å²) in [6, 6.07) is 6.42. The van der Waals surface area contributed by atoms with Crippen LogP contribution in [0.3, 0.4) is 0 Å². The normalized spacial score (nSPS) is 22.4. The molecule has 3 rings (SSSR count). The number of rotatable bonds is 3. The van der Waals surface area contributed by atoms with E-state index in [0.717, 1.165) is 19.6 Å². The number of carbonyl (C=O) groups is 1. The maximum Gasteiger partial charge on any atom is 0.266 e. The molecule has 22 heavy (non-hydrogen) atoms. The van der Waals surface area contributed by atoms with E-state index in [1.54, 1.807) is 18.2 Å². The van der Waals surface area contributed by atoms with Gasteiger partial charge in [0, 0.05) is 38.2 Å². The summed E-state index contributed by atoms with van der Waals surface area (Å²) in [5.74, 6) is -0.389. The number of piperazine rings is 1. The van der Waals surface area contributed by atoms with Gasteiger partial charge in [0.05, 0.1) is 5.71 Å². The topological polar surface area (TPSA) is 45.1 Å². The van der Waals surface area contributed by atoms with Crippen LogP contribution >= 0.6 is 0 Å². The molecule has 1 fully saturated rings. The first-order valence-corrected chi connectivity index (χ1v) is 7.67. The van der Waals surface area contributed by atoms with E-state index >= 15 is 0 Å². The van der Waals surface area contributed by atoms with Crippen molar-refractivity contribution in [3.63, 3.8) is 0 Å². The lowest BCUT2D eigenvalue weighted by molar-refractivity contribution is -0.143. The highest BCUT2D eigenvalue weighted by atomic mass is 19.1. The van der Waals surface area contributed by atoms with Crippen LogP contribution in [0.4, 0.5) is 4.39 Å².